The number of carbonyl (C=O) groups excluding carboxylic acids is 1. The van der Waals surface area contributed by atoms with Crippen LogP contribution in [-0.4, -0.2) is 24.3 Å². The Kier molecular flexibility index (Phi) is 14.6. The maximum absolute atomic E-state index is 11.6. The fourth-order valence-corrected chi connectivity index (χ4v) is 2.50. The Morgan fingerprint density at radius 3 is 1.70 bits per heavy atom. The zero-order chi connectivity index (χ0) is 17.4. The van der Waals surface area contributed by atoms with Gasteiger partial charge in [-0.2, -0.15) is 0 Å². The topological polar surface area (TPSA) is 46.5 Å². The van der Waals surface area contributed by atoms with E-state index in [-0.39, 0.29) is 18.0 Å². The summed E-state index contributed by atoms with van der Waals surface area (Å²) in [4.78, 5) is 11.6. The van der Waals surface area contributed by atoms with E-state index >= 15 is 0 Å². The minimum absolute atomic E-state index is 0.0406. The highest BCUT2D eigenvalue weighted by Crippen LogP contribution is 2.15. The lowest BCUT2D eigenvalue weighted by Crippen LogP contribution is -2.25. The summed E-state index contributed by atoms with van der Waals surface area (Å²) in [6.45, 7) is 6.39. The Bertz CT molecular complexity index is 274. The summed E-state index contributed by atoms with van der Waals surface area (Å²) in [6, 6.07) is 0. The van der Waals surface area contributed by atoms with Crippen molar-refractivity contribution in [2.45, 2.75) is 104 Å². The van der Waals surface area contributed by atoms with E-state index in [1.807, 2.05) is 13.8 Å². The van der Waals surface area contributed by atoms with E-state index < -0.39 is 0 Å². The Hall–Kier alpha value is -0.570. The van der Waals surface area contributed by atoms with E-state index in [9.17, 15) is 4.79 Å². The van der Waals surface area contributed by atoms with Gasteiger partial charge in [0.1, 0.15) is 0 Å². The Morgan fingerprint density at radius 1 is 0.826 bits per heavy atom. The van der Waals surface area contributed by atoms with Gasteiger partial charge in [0.25, 0.3) is 0 Å². The first-order valence-electron chi connectivity index (χ1n) is 9.78. The van der Waals surface area contributed by atoms with Crippen LogP contribution in [0.2, 0.25) is 0 Å². The van der Waals surface area contributed by atoms with E-state index in [0.29, 0.717) is 13.0 Å². The predicted octanol–water partition coefficient (Wildman–Crippen LogP) is 5.64. The number of hydrogen-bond acceptors (Lipinski definition) is 3. The predicted molar refractivity (Wildman–Crippen MR) is 97.5 cm³/mol. The number of aliphatic hydroxyl groups is 1. The standard InChI is InChI=1S/C20H40O3/c1-4-5-6-7-8-9-10-11-12-13-14-15-16-19(22)23-18-20(2,3)17-21/h21H,4-18H2,1-3H3. The second-order valence-electron chi connectivity index (χ2n) is 7.62. The van der Waals surface area contributed by atoms with Crippen LogP contribution >= 0.6 is 0 Å². The highest BCUT2D eigenvalue weighted by Gasteiger charge is 2.18. The van der Waals surface area contributed by atoms with Crippen LogP contribution in [0.15, 0.2) is 0 Å². The van der Waals surface area contributed by atoms with Gasteiger partial charge in [0, 0.05) is 11.8 Å². The van der Waals surface area contributed by atoms with Crippen LogP contribution in [0.3, 0.4) is 0 Å². The molecule has 0 aromatic carbocycles. The number of unbranched alkanes of at least 4 members (excludes halogenated alkanes) is 11. The number of esters is 1. The second kappa shape index (κ2) is 15.0. The third-order valence-corrected chi connectivity index (χ3v) is 4.29. The monoisotopic (exact) mass is 328 g/mol. The first-order chi connectivity index (χ1) is 11.0. The van der Waals surface area contributed by atoms with Crippen LogP contribution in [0.4, 0.5) is 0 Å². The van der Waals surface area contributed by atoms with Crippen LogP contribution in [0.25, 0.3) is 0 Å². The maximum Gasteiger partial charge on any atom is 0.305 e. The fraction of sp³-hybridized carbons (Fsp3) is 0.950. The van der Waals surface area contributed by atoms with E-state index in [1.165, 1.54) is 64.2 Å². The van der Waals surface area contributed by atoms with Crippen LogP contribution in [-0.2, 0) is 9.53 Å². The molecule has 0 unspecified atom stereocenters. The normalized spacial score (nSPS) is 11.7. The van der Waals surface area contributed by atoms with Crippen molar-refractivity contribution in [3.8, 4) is 0 Å². The molecule has 0 aromatic rings. The van der Waals surface area contributed by atoms with Crippen molar-refractivity contribution < 1.29 is 14.6 Å². The van der Waals surface area contributed by atoms with Crippen molar-refractivity contribution in [3.63, 3.8) is 0 Å². The van der Waals surface area contributed by atoms with E-state index in [0.717, 1.165) is 12.8 Å². The molecule has 0 fully saturated rings. The molecule has 0 amide bonds. The maximum atomic E-state index is 11.6. The molecule has 0 saturated heterocycles. The molecular weight excluding hydrogens is 288 g/mol. The molecular formula is C20H40O3. The van der Waals surface area contributed by atoms with Crippen molar-refractivity contribution in [3.05, 3.63) is 0 Å². The van der Waals surface area contributed by atoms with Crippen LogP contribution in [0.1, 0.15) is 104 Å². The summed E-state index contributed by atoms with van der Waals surface area (Å²) in [6.07, 6.45) is 16.1. The first kappa shape index (κ1) is 22.4. The quantitative estimate of drug-likeness (QED) is 0.294. The second-order valence-corrected chi connectivity index (χ2v) is 7.62. The summed E-state index contributed by atoms with van der Waals surface area (Å²) in [5.74, 6) is -0.126. The van der Waals surface area contributed by atoms with Gasteiger partial charge >= 0.3 is 5.97 Å². The smallest absolute Gasteiger partial charge is 0.305 e. The van der Waals surface area contributed by atoms with Crippen molar-refractivity contribution in [2.24, 2.45) is 5.41 Å². The zero-order valence-electron chi connectivity index (χ0n) is 15.9. The Balaban J connectivity index is 3.25. The molecule has 0 rings (SSSR count). The molecule has 0 spiro atoms. The molecule has 0 atom stereocenters. The van der Waals surface area contributed by atoms with Gasteiger partial charge in [-0.25, -0.2) is 0 Å². The Morgan fingerprint density at radius 2 is 1.26 bits per heavy atom. The van der Waals surface area contributed by atoms with Gasteiger partial charge in [0.15, 0.2) is 0 Å². The van der Waals surface area contributed by atoms with Crippen molar-refractivity contribution >= 4 is 5.97 Å². The molecule has 138 valence electrons. The van der Waals surface area contributed by atoms with Gasteiger partial charge in [-0.3, -0.25) is 4.79 Å². The van der Waals surface area contributed by atoms with E-state index in [2.05, 4.69) is 6.92 Å². The molecule has 0 aliphatic rings. The molecule has 1 N–H and O–H groups in total. The third-order valence-electron chi connectivity index (χ3n) is 4.29. The Labute approximate surface area is 144 Å². The summed E-state index contributed by atoms with van der Waals surface area (Å²) < 4.78 is 5.20. The third kappa shape index (κ3) is 16.1. The average Bonchev–Trinajstić information content (AvgIpc) is 2.54. The number of carbonyl (C=O) groups is 1. The summed E-state index contributed by atoms with van der Waals surface area (Å²) in [7, 11) is 0. The molecule has 0 aliphatic heterocycles. The van der Waals surface area contributed by atoms with E-state index in [1.54, 1.807) is 0 Å². The summed E-state index contributed by atoms with van der Waals surface area (Å²) >= 11 is 0. The highest BCUT2D eigenvalue weighted by molar-refractivity contribution is 5.69. The summed E-state index contributed by atoms with van der Waals surface area (Å²) in [5.41, 5.74) is -0.327. The minimum Gasteiger partial charge on any atom is -0.465 e. The van der Waals surface area contributed by atoms with E-state index in [4.69, 9.17) is 9.84 Å². The molecule has 23 heavy (non-hydrogen) atoms. The highest BCUT2D eigenvalue weighted by atomic mass is 16.5. The molecule has 0 saturated carbocycles. The molecule has 3 heteroatoms. The van der Waals surface area contributed by atoms with Gasteiger partial charge in [-0.05, 0) is 6.42 Å². The average molecular weight is 329 g/mol. The van der Waals surface area contributed by atoms with Gasteiger partial charge in [0.05, 0.1) is 13.2 Å². The van der Waals surface area contributed by atoms with Crippen molar-refractivity contribution in [1.29, 1.82) is 0 Å². The number of hydrogen-bond donors (Lipinski definition) is 1. The SMILES string of the molecule is CCCCCCCCCCCCCCC(=O)OCC(C)(C)CO. The molecule has 0 radical (unpaired) electrons. The zero-order valence-corrected chi connectivity index (χ0v) is 15.9. The van der Waals surface area contributed by atoms with Crippen LogP contribution in [0.5, 0.6) is 0 Å². The lowest BCUT2D eigenvalue weighted by atomic mass is 9.96. The number of ether oxygens (including phenoxy) is 1. The van der Waals surface area contributed by atoms with Gasteiger partial charge in [-0.1, -0.05) is 91.4 Å². The molecule has 0 heterocycles. The first-order valence-corrected chi connectivity index (χ1v) is 9.78. The van der Waals surface area contributed by atoms with Gasteiger partial charge in [0.2, 0.25) is 0 Å². The molecule has 0 bridgehead atoms. The van der Waals surface area contributed by atoms with Gasteiger partial charge in [-0.15, -0.1) is 0 Å². The molecule has 0 aliphatic carbocycles. The number of rotatable bonds is 16. The minimum atomic E-state index is -0.327. The lowest BCUT2D eigenvalue weighted by molar-refractivity contribution is -0.147. The largest absolute Gasteiger partial charge is 0.465 e. The fourth-order valence-electron chi connectivity index (χ4n) is 2.50. The summed E-state index contributed by atoms with van der Waals surface area (Å²) in [5, 5.41) is 9.10. The van der Waals surface area contributed by atoms with Gasteiger partial charge < -0.3 is 9.84 Å². The molecule has 3 nitrogen and oxygen atoms in total. The molecule has 0 aromatic heterocycles. The number of aliphatic hydroxyl groups excluding tert-OH is 1. The van der Waals surface area contributed by atoms with Crippen LogP contribution in [0, 0.1) is 5.41 Å². The van der Waals surface area contributed by atoms with Crippen molar-refractivity contribution in [1.82, 2.24) is 0 Å². The van der Waals surface area contributed by atoms with Crippen LogP contribution < -0.4 is 0 Å². The lowest BCUT2D eigenvalue weighted by Gasteiger charge is -2.20. The van der Waals surface area contributed by atoms with Crippen molar-refractivity contribution in [2.75, 3.05) is 13.2 Å².